The highest BCUT2D eigenvalue weighted by atomic mass is 127. The van der Waals surface area contributed by atoms with Crippen LogP contribution in [0.5, 0.6) is 0 Å². The highest BCUT2D eigenvalue weighted by molar-refractivity contribution is 14.1. The fraction of sp³-hybridized carbons (Fsp3) is 0.182. The second-order valence-electron chi connectivity index (χ2n) is 3.03. The molecule has 1 aromatic carbocycles. The minimum Gasteiger partial charge on any atom is -0.192 e. The van der Waals surface area contributed by atoms with E-state index >= 15 is 0 Å². The zero-order valence-electron chi connectivity index (χ0n) is 7.67. The first-order chi connectivity index (χ1) is 6.77. The molecular formula is C11H8INS. The van der Waals surface area contributed by atoms with Crippen LogP contribution in [0.1, 0.15) is 18.1 Å². The standard InChI is InChI=1S/C11H8INS/c1-2-7-3-4-8(5-13)10-9(12)6-14-11(7)10/h3-4,6H,2H2,1H3. The van der Waals surface area contributed by atoms with E-state index in [0.29, 0.717) is 0 Å². The van der Waals surface area contributed by atoms with Crippen molar-refractivity contribution in [3.8, 4) is 6.07 Å². The van der Waals surface area contributed by atoms with Crippen LogP contribution in [0.15, 0.2) is 17.5 Å². The molecule has 1 heterocycles. The largest absolute Gasteiger partial charge is 0.192 e. The average Bonchev–Trinajstić information content (AvgIpc) is 2.60. The average molecular weight is 313 g/mol. The monoisotopic (exact) mass is 313 g/mol. The van der Waals surface area contributed by atoms with Crippen LogP contribution in [0.4, 0.5) is 0 Å². The summed E-state index contributed by atoms with van der Waals surface area (Å²) in [6.07, 6.45) is 1.03. The van der Waals surface area contributed by atoms with Gasteiger partial charge in [0.1, 0.15) is 0 Å². The number of halogens is 1. The normalized spacial score (nSPS) is 10.4. The van der Waals surface area contributed by atoms with Crippen molar-refractivity contribution >= 4 is 44.0 Å². The van der Waals surface area contributed by atoms with Gasteiger partial charge in [0.15, 0.2) is 0 Å². The third-order valence-electron chi connectivity index (χ3n) is 2.26. The number of rotatable bonds is 1. The Labute approximate surface area is 101 Å². The van der Waals surface area contributed by atoms with E-state index in [1.807, 2.05) is 6.07 Å². The van der Waals surface area contributed by atoms with E-state index in [9.17, 15) is 0 Å². The first-order valence-electron chi connectivity index (χ1n) is 4.36. The quantitative estimate of drug-likeness (QED) is 0.732. The van der Waals surface area contributed by atoms with Crippen LogP contribution in [0, 0.1) is 14.9 Å². The molecule has 0 bridgehead atoms. The minimum absolute atomic E-state index is 0.794. The molecule has 0 fully saturated rings. The number of fused-ring (bicyclic) bond motifs is 1. The lowest BCUT2D eigenvalue weighted by Gasteiger charge is -2.00. The van der Waals surface area contributed by atoms with Crippen LogP contribution in [0.2, 0.25) is 0 Å². The predicted molar refractivity (Wildman–Crippen MR) is 68.6 cm³/mol. The molecule has 0 N–H and O–H groups in total. The van der Waals surface area contributed by atoms with Crippen molar-refractivity contribution in [3.05, 3.63) is 32.2 Å². The van der Waals surface area contributed by atoms with Gasteiger partial charge in [0.25, 0.3) is 0 Å². The molecule has 0 amide bonds. The topological polar surface area (TPSA) is 23.8 Å². The molecule has 0 saturated heterocycles. The molecule has 0 spiro atoms. The van der Waals surface area contributed by atoms with Crippen LogP contribution in [0.3, 0.4) is 0 Å². The second kappa shape index (κ2) is 3.87. The molecule has 0 atom stereocenters. The van der Waals surface area contributed by atoms with Gasteiger partial charge in [0, 0.05) is 19.0 Å². The van der Waals surface area contributed by atoms with E-state index in [-0.39, 0.29) is 0 Å². The zero-order valence-corrected chi connectivity index (χ0v) is 10.6. The molecule has 0 saturated carbocycles. The van der Waals surface area contributed by atoms with Crippen LogP contribution >= 0.6 is 33.9 Å². The highest BCUT2D eigenvalue weighted by Gasteiger charge is 2.09. The fourth-order valence-electron chi connectivity index (χ4n) is 1.54. The first-order valence-corrected chi connectivity index (χ1v) is 6.32. The predicted octanol–water partition coefficient (Wildman–Crippen LogP) is 3.94. The van der Waals surface area contributed by atoms with E-state index < -0.39 is 0 Å². The Morgan fingerprint density at radius 3 is 2.93 bits per heavy atom. The smallest absolute Gasteiger partial charge is 0.0998 e. The zero-order chi connectivity index (χ0) is 10.1. The lowest BCUT2D eigenvalue weighted by Crippen LogP contribution is -1.84. The van der Waals surface area contributed by atoms with E-state index in [1.165, 1.54) is 13.8 Å². The van der Waals surface area contributed by atoms with Crippen LogP contribution in [-0.4, -0.2) is 0 Å². The summed E-state index contributed by atoms with van der Waals surface area (Å²) >= 11 is 4.03. The maximum Gasteiger partial charge on any atom is 0.0998 e. The van der Waals surface area contributed by atoms with E-state index in [0.717, 1.165) is 17.4 Å². The van der Waals surface area contributed by atoms with E-state index in [1.54, 1.807) is 11.3 Å². The van der Waals surface area contributed by atoms with Gasteiger partial charge in [-0.15, -0.1) is 11.3 Å². The molecule has 2 rings (SSSR count). The molecule has 1 nitrogen and oxygen atoms in total. The van der Waals surface area contributed by atoms with Gasteiger partial charge in [-0.05, 0) is 40.6 Å². The molecule has 0 aliphatic heterocycles. The van der Waals surface area contributed by atoms with Crippen molar-refractivity contribution in [2.24, 2.45) is 0 Å². The molecule has 2 aromatic rings. The number of nitriles is 1. The summed E-state index contributed by atoms with van der Waals surface area (Å²) in [5, 5.41) is 12.2. The van der Waals surface area contributed by atoms with E-state index in [4.69, 9.17) is 5.26 Å². The molecule has 70 valence electrons. The van der Waals surface area contributed by atoms with Crippen LogP contribution < -0.4 is 0 Å². The molecule has 1 aromatic heterocycles. The Kier molecular flexibility index (Phi) is 2.75. The van der Waals surface area contributed by atoms with Gasteiger partial charge < -0.3 is 0 Å². The lowest BCUT2D eigenvalue weighted by atomic mass is 10.1. The highest BCUT2D eigenvalue weighted by Crippen LogP contribution is 2.32. The summed E-state index contributed by atoms with van der Waals surface area (Å²) in [6, 6.07) is 6.24. The summed E-state index contributed by atoms with van der Waals surface area (Å²) < 4.78 is 2.46. The van der Waals surface area contributed by atoms with Crippen molar-refractivity contribution in [2.45, 2.75) is 13.3 Å². The van der Waals surface area contributed by atoms with Crippen LogP contribution in [-0.2, 0) is 6.42 Å². The maximum atomic E-state index is 8.99. The number of hydrogen-bond acceptors (Lipinski definition) is 2. The number of nitrogens with zero attached hydrogens (tertiary/aromatic N) is 1. The fourth-order valence-corrected chi connectivity index (χ4v) is 3.70. The Hall–Kier alpha value is -0.600. The number of thiophene rings is 1. The van der Waals surface area contributed by atoms with Gasteiger partial charge in [-0.2, -0.15) is 5.26 Å². The van der Waals surface area contributed by atoms with Gasteiger partial charge in [-0.25, -0.2) is 0 Å². The van der Waals surface area contributed by atoms with E-state index in [2.05, 4.69) is 47.0 Å². The Bertz CT molecular complexity index is 522. The molecule has 14 heavy (non-hydrogen) atoms. The third kappa shape index (κ3) is 1.43. The van der Waals surface area contributed by atoms with Gasteiger partial charge >= 0.3 is 0 Å². The first kappa shape index (κ1) is 9.94. The van der Waals surface area contributed by atoms with Gasteiger partial charge in [-0.1, -0.05) is 13.0 Å². The van der Waals surface area contributed by atoms with Crippen molar-refractivity contribution in [1.82, 2.24) is 0 Å². The molecule has 0 radical (unpaired) electrons. The molecule has 0 unspecified atom stereocenters. The molecular weight excluding hydrogens is 305 g/mol. The number of benzene rings is 1. The van der Waals surface area contributed by atoms with Crippen molar-refractivity contribution in [3.63, 3.8) is 0 Å². The van der Waals surface area contributed by atoms with Crippen molar-refractivity contribution in [1.29, 1.82) is 5.26 Å². The van der Waals surface area contributed by atoms with Gasteiger partial charge in [-0.3, -0.25) is 0 Å². The Balaban J connectivity index is 2.89. The molecule has 0 aliphatic rings. The van der Waals surface area contributed by atoms with Crippen LogP contribution in [0.25, 0.3) is 10.1 Å². The summed E-state index contributed by atoms with van der Waals surface area (Å²) in [5.41, 5.74) is 2.13. The molecule has 3 heteroatoms. The minimum atomic E-state index is 0.794. The number of aryl methyl sites for hydroxylation is 1. The Morgan fingerprint density at radius 2 is 2.29 bits per heavy atom. The maximum absolute atomic E-state index is 8.99. The second-order valence-corrected chi connectivity index (χ2v) is 5.07. The Morgan fingerprint density at radius 1 is 1.50 bits per heavy atom. The lowest BCUT2D eigenvalue weighted by molar-refractivity contribution is 1.16. The number of hydrogen-bond donors (Lipinski definition) is 0. The van der Waals surface area contributed by atoms with Crippen molar-refractivity contribution < 1.29 is 0 Å². The summed E-state index contributed by atoms with van der Waals surface area (Å²) in [4.78, 5) is 0. The summed E-state index contributed by atoms with van der Waals surface area (Å²) in [6.45, 7) is 2.15. The SMILES string of the molecule is CCc1ccc(C#N)c2c(I)csc12. The molecule has 0 aliphatic carbocycles. The third-order valence-corrected chi connectivity index (χ3v) is 4.59. The van der Waals surface area contributed by atoms with Gasteiger partial charge in [0.2, 0.25) is 0 Å². The summed E-state index contributed by atoms with van der Waals surface area (Å²) in [5.74, 6) is 0. The van der Waals surface area contributed by atoms with Gasteiger partial charge in [0.05, 0.1) is 11.6 Å². The summed E-state index contributed by atoms with van der Waals surface area (Å²) in [7, 11) is 0. The van der Waals surface area contributed by atoms with Crippen molar-refractivity contribution in [2.75, 3.05) is 0 Å².